The van der Waals surface area contributed by atoms with Gasteiger partial charge in [0.15, 0.2) is 0 Å². The molecule has 0 fully saturated rings. The highest BCUT2D eigenvalue weighted by Gasteiger charge is 2.12. The number of carbonyl (C=O) groups is 1. The fourth-order valence-corrected chi connectivity index (χ4v) is 2.23. The van der Waals surface area contributed by atoms with Gasteiger partial charge in [-0.1, -0.05) is 58.4 Å². The van der Waals surface area contributed by atoms with Gasteiger partial charge in [-0.2, -0.15) is 0 Å². The second-order valence-corrected chi connectivity index (χ2v) is 5.48. The molecule has 0 aliphatic carbocycles. The molecule has 0 saturated heterocycles. The van der Waals surface area contributed by atoms with E-state index in [1.165, 1.54) is 4.90 Å². The minimum atomic E-state index is -0.883. The van der Waals surface area contributed by atoms with Gasteiger partial charge in [0.1, 0.15) is 0 Å². The fraction of sp³-hybridized carbons (Fsp3) is 0.188. The quantitative estimate of drug-likeness (QED) is 0.891. The highest BCUT2D eigenvalue weighted by Crippen LogP contribution is 2.12. The van der Waals surface area contributed by atoms with Gasteiger partial charge in [0.25, 0.3) is 0 Å². The summed E-state index contributed by atoms with van der Waals surface area (Å²) in [6, 6.07) is 17.6. The molecule has 1 N–H and O–H groups in total. The molecule has 0 spiro atoms. The first kappa shape index (κ1) is 14.6. The summed E-state index contributed by atoms with van der Waals surface area (Å²) in [5.41, 5.74) is 2.14. The number of hydrogen-bond acceptors (Lipinski definition) is 1. The zero-order chi connectivity index (χ0) is 14.4. The predicted octanol–water partition coefficient (Wildman–Crippen LogP) is 4.17. The van der Waals surface area contributed by atoms with Crippen LogP contribution in [-0.4, -0.2) is 22.6 Å². The van der Waals surface area contributed by atoms with Gasteiger partial charge in [-0.05, 0) is 29.7 Å². The van der Waals surface area contributed by atoms with Gasteiger partial charge in [-0.3, -0.25) is 0 Å². The Kier molecular flexibility index (Phi) is 5.18. The topological polar surface area (TPSA) is 40.5 Å². The van der Waals surface area contributed by atoms with Crippen LogP contribution in [0, 0.1) is 0 Å². The molecule has 2 aromatic carbocycles. The lowest BCUT2D eigenvalue weighted by Crippen LogP contribution is -2.30. The number of hydrogen-bond donors (Lipinski definition) is 1. The first-order valence-corrected chi connectivity index (χ1v) is 7.20. The lowest BCUT2D eigenvalue weighted by atomic mass is 10.1. The Morgan fingerprint density at radius 1 is 1.00 bits per heavy atom. The minimum Gasteiger partial charge on any atom is -0.465 e. The van der Waals surface area contributed by atoms with Crippen LogP contribution in [0.3, 0.4) is 0 Å². The Balaban J connectivity index is 1.96. The summed E-state index contributed by atoms with van der Waals surface area (Å²) in [5, 5.41) is 9.28. The molecule has 0 atom stereocenters. The van der Waals surface area contributed by atoms with E-state index in [1.807, 2.05) is 54.6 Å². The van der Waals surface area contributed by atoms with Crippen LogP contribution in [0.4, 0.5) is 4.79 Å². The number of nitrogens with zero attached hydrogens (tertiary/aromatic N) is 1. The number of halogens is 1. The average Bonchev–Trinajstić information content (AvgIpc) is 2.46. The van der Waals surface area contributed by atoms with Gasteiger partial charge < -0.3 is 10.0 Å². The maximum absolute atomic E-state index is 11.3. The third kappa shape index (κ3) is 4.38. The van der Waals surface area contributed by atoms with Gasteiger partial charge in [-0.25, -0.2) is 4.79 Å². The molecular weight excluding hydrogens is 318 g/mol. The molecule has 1 amide bonds. The second-order valence-electron chi connectivity index (χ2n) is 4.57. The van der Waals surface area contributed by atoms with E-state index >= 15 is 0 Å². The van der Waals surface area contributed by atoms with Crippen molar-refractivity contribution in [2.45, 2.75) is 13.0 Å². The number of benzene rings is 2. The lowest BCUT2D eigenvalue weighted by molar-refractivity contribution is 0.143. The van der Waals surface area contributed by atoms with Crippen molar-refractivity contribution in [1.29, 1.82) is 0 Å². The van der Waals surface area contributed by atoms with Crippen LogP contribution in [0.25, 0.3) is 0 Å². The summed E-state index contributed by atoms with van der Waals surface area (Å²) in [6.45, 7) is 0.915. The van der Waals surface area contributed by atoms with E-state index in [0.717, 1.165) is 15.6 Å². The van der Waals surface area contributed by atoms with Gasteiger partial charge >= 0.3 is 6.09 Å². The molecule has 0 bridgehead atoms. The largest absolute Gasteiger partial charge is 0.465 e. The van der Waals surface area contributed by atoms with Crippen LogP contribution < -0.4 is 0 Å². The highest BCUT2D eigenvalue weighted by molar-refractivity contribution is 9.10. The van der Waals surface area contributed by atoms with Crippen molar-refractivity contribution in [3.8, 4) is 0 Å². The third-order valence-electron chi connectivity index (χ3n) is 3.07. The Morgan fingerprint density at radius 3 is 2.25 bits per heavy atom. The molecular formula is C16H16BrNO2. The summed E-state index contributed by atoms with van der Waals surface area (Å²) in [6.07, 6.45) is -0.169. The molecule has 104 valence electrons. The van der Waals surface area contributed by atoms with Crippen molar-refractivity contribution in [2.75, 3.05) is 6.54 Å². The van der Waals surface area contributed by atoms with Gasteiger partial charge in [0, 0.05) is 17.6 Å². The standard InChI is InChI=1S/C16H16BrNO2/c17-15-8-6-13(7-9-15)10-11-18(16(19)20)12-14-4-2-1-3-5-14/h1-9H,10-12H2,(H,19,20). The zero-order valence-corrected chi connectivity index (χ0v) is 12.6. The summed E-state index contributed by atoms with van der Waals surface area (Å²) in [5.74, 6) is 0. The minimum absolute atomic E-state index is 0.423. The van der Waals surface area contributed by atoms with Crippen LogP contribution in [-0.2, 0) is 13.0 Å². The van der Waals surface area contributed by atoms with Crippen molar-refractivity contribution in [3.63, 3.8) is 0 Å². The summed E-state index contributed by atoms with van der Waals surface area (Å²) in [7, 11) is 0. The zero-order valence-electron chi connectivity index (χ0n) is 11.0. The highest BCUT2D eigenvalue weighted by atomic mass is 79.9. The summed E-state index contributed by atoms with van der Waals surface area (Å²) in [4.78, 5) is 12.7. The van der Waals surface area contributed by atoms with Crippen molar-refractivity contribution in [2.24, 2.45) is 0 Å². The smallest absolute Gasteiger partial charge is 0.407 e. The van der Waals surface area contributed by atoms with E-state index < -0.39 is 6.09 Å². The van der Waals surface area contributed by atoms with Crippen molar-refractivity contribution in [3.05, 3.63) is 70.2 Å². The van der Waals surface area contributed by atoms with Crippen molar-refractivity contribution < 1.29 is 9.90 Å². The molecule has 20 heavy (non-hydrogen) atoms. The van der Waals surface area contributed by atoms with Crippen LogP contribution in [0.15, 0.2) is 59.1 Å². The first-order chi connectivity index (χ1) is 9.65. The van der Waals surface area contributed by atoms with E-state index in [-0.39, 0.29) is 0 Å². The van der Waals surface area contributed by atoms with Crippen LogP contribution >= 0.6 is 15.9 Å². The third-order valence-corrected chi connectivity index (χ3v) is 3.60. The molecule has 0 aromatic heterocycles. The maximum atomic E-state index is 11.3. The van der Waals surface area contributed by atoms with E-state index in [9.17, 15) is 9.90 Å². The van der Waals surface area contributed by atoms with E-state index in [2.05, 4.69) is 15.9 Å². The average molecular weight is 334 g/mol. The maximum Gasteiger partial charge on any atom is 0.407 e. The molecule has 0 heterocycles. The molecule has 2 aromatic rings. The van der Waals surface area contributed by atoms with Crippen molar-refractivity contribution in [1.82, 2.24) is 4.90 Å². The Hall–Kier alpha value is -1.81. The molecule has 0 aliphatic rings. The second kappa shape index (κ2) is 7.10. The summed E-state index contributed by atoms with van der Waals surface area (Å²) >= 11 is 3.39. The monoisotopic (exact) mass is 333 g/mol. The molecule has 3 nitrogen and oxygen atoms in total. The predicted molar refractivity (Wildman–Crippen MR) is 82.7 cm³/mol. The SMILES string of the molecule is O=C(O)N(CCc1ccc(Br)cc1)Cc1ccccc1. The Morgan fingerprint density at radius 2 is 1.65 bits per heavy atom. The first-order valence-electron chi connectivity index (χ1n) is 6.41. The summed E-state index contributed by atoms with van der Waals surface area (Å²) < 4.78 is 1.03. The fourth-order valence-electron chi connectivity index (χ4n) is 1.96. The molecule has 2 rings (SSSR count). The number of rotatable bonds is 5. The van der Waals surface area contributed by atoms with Gasteiger partial charge in [0.05, 0.1) is 0 Å². The van der Waals surface area contributed by atoms with Crippen molar-refractivity contribution >= 4 is 22.0 Å². The van der Waals surface area contributed by atoms with E-state index in [0.29, 0.717) is 19.5 Å². The van der Waals surface area contributed by atoms with Crippen LogP contribution in [0.5, 0.6) is 0 Å². The molecule has 0 unspecified atom stereocenters. The Labute approximate surface area is 127 Å². The molecule has 0 aliphatic heterocycles. The number of amides is 1. The molecule has 0 saturated carbocycles. The van der Waals surface area contributed by atoms with E-state index in [1.54, 1.807) is 0 Å². The van der Waals surface area contributed by atoms with E-state index in [4.69, 9.17) is 0 Å². The van der Waals surface area contributed by atoms with Crippen LogP contribution in [0.2, 0.25) is 0 Å². The molecule has 0 radical (unpaired) electrons. The number of carboxylic acid groups (broad SMARTS) is 1. The Bertz CT molecular complexity index is 554. The normalized spacial score (nSPS) is 10.2. The van der Waals surface area contributed by atoms with Gasteiger partial charge in [-0.15, -0.1) is 0 Å². The van der Waals surface area contributed by atoms with Crippen LogP contribution in [0.1, 0.15) is 11.1 Å². The van der Waals surface area contributed by atoms with Gasteiger partial charge in [0.2, 0.25) is 0 Å². The lowest BCUT2D eigenvalue weighted by Gasteiger charge is -2.19. The molecule has 4 heteroatoms.